The van der Waals surface area contributed by atoms with Gasteiger partial charge in [0.25, 0.3) is 0 Å². The quantitative estimate of drug-likeness (QED) is 0.816. The molecule has 2 aliphatic heterocycles. The Morgan fingerprint density at radius 2 is 2.17 bits per heavy atom. The van der Waals surface area contributed by atoms with Crippen molar-refractivity contribution in [1.82, 2.24) is 4.90 Å². The van der Waals surface area contributed by atoms with Gasteiger partial charge in [0.15, 0.2) is 0 Å². The highest BCUT2D eigenvalue weighted by atomic mass is 16.5. The van der Waals surface area contributed by atoms with Gasteiger partial charge < -0.3 is 9.84 Å². The molecule has 1 aliphatic carbocycles. The highest BCUT2D eigenvalue weighted by Crippen LogP contribution is 2.44. The van der Waals surface area contributed by atoms with E-state index >= 15 is 0 Å². The van der Waals surface area contributed by atoms with E-state index in [-0.39, 0.29) is 17.6 Å². The third-order valence-electron chi connectivity index (χ3n) is 5.19. The third kappa shape index (κ3) is 1.95. The van der Waals surface area contributed by atoms with Crippen LogP contribution >= 0.6 is 0 Å². The van der Waals surface area contributed by atoms with Crippen LogP contribution in [0.3, 0.4) is 0 Å². The summed E-state index contributed by atoms with van der Waals surface area (Å²) in [5, 5.41) is 9.41. The fraction of sp³-hybridized carbons (Fsp3) is 0.929. The average molecular weight is 253 g/mol. The zero-order valence-electron chi connectivity index (χ0n) is 11.1. The topological polar surface area (TPSA) is 49.8 Å². The van der Waals surface area contributed by atoms with E-state index in [4.69, 9.17) is 4.74 Å². The molecular formula is C14H23NO3. The van der Waals surface area contributed by atoms with Gasteiger partial charge in [-0.15, -0.1) is 0 Å². The van der Waals surface area contributed by atoms with Crippen LogP contribution in [0.1, 0.15) is 45.4 Å². The second kappa shape index (κ2) is 4.49. The maximum Gasteiger partial charge on any atom is 0.321 e. The normalized spacial score (nSPS) is 39.7. The smallest absolute Gasteiger partial charge is 0.321 e. The summed E-state index contributed by atoms with van der Waals surface area (Å²) in [6, 6.07) is 0.148. The predicted molar refractivity (Wildman–Crippen MR) is 67.5 cm³/mol. The van der Waals surface area contributed by atoms with Gasteiger partial charge in [-0.05, 0) is 51.0 Å². The first-order chi connectivity index (χ1) is 8.61. The molecule has 0 aromatic heterocycles. The molecule has 0 aromatic carbocycles. The molecule has 102 valence electrons. The lowest BCUT2D eigenvalue weighted by atomic mass is 9.73. The van der Waals surface area contributed by atoms with Crippen molar-refractivity contribution in [2.45, 2.75) is 63.1 Å². The summed E-state index contributed by atoms with van der Waals surface area (Å²) in [6.45, 7) is 3.82. The molecule has 4 nitrogen and oxygen atoms in total. The van der Waals surface area contributed by atoms with Crippen molar-refractivity contribution in [3.63, 3.8) is 0 Å². The Labute approximate surface area is 108 Å². The number of carbonyl (C=O) groups is 1. The SMILES string of the molecule is CC1CCN(C2CCOC3(CCC3)C2)C1C(=O)O. The van der Waals surface area contributed by atoms with Crippen LogP contribution in [0.25, 0.3) is 0 Å². The van der Waals surface area contributed by atoms with E-state index in [1.54, 1.807) is 0 Å². The number of carboxylic acids is 1. The van der Waals surface area contributed by atoms with Crippen molar-refractivity contribution < 1.29 is 14.6 Å². The van der Waals surface area contributed by atoms with Gasteiger partial charge in [-0.3, -0.25) is 9.69 Å². The molecule has 4 heteroatoms. The molecule has 3 atom stereocenters. The maximum absolute atomic E-state index is 11.4. The molecule has 2 saturated heterocycles. The molecule has 1 N–H and O–H groups in total. The molecule has 1 spiro atoms. The van der Waals surface area contributed by atoms with E-state index in [1.165, 1.54) is 19.3 Å². The van der Waals surface area contributed by atoms with Crippen LogP contribution < -0.4 is 0 Å². The standard InChI is InChI=1S/C14H23NO3/c1-10-3-7-15(12(10)13(16)17)11-4-8-18-14(9-11)5-2-6-14/h10-12H,2-9H2,1H3,(H,16,17). The number of aliphatic carboxylic acids is 1. The van der Waals surface area contributed by atoms with E-state index in [0.717, 1.165) is 32.4 Å². The molecule has 3 aliphatic rings. The molecule has 0 amide bonds. The number of likely N-dealkylation sites (tertiary alicyclic amines) is 1. The number of ether oxygens (including phenoxy) is 1. The van der Waals surface area contributed by atoms with Gasteiger partial charge >= 0.3 is 5.97 Å². The van der Waals surface area contributed by atoms with Crippen molar-refractivity contribution in [3.05, 3.63) is 0 Å². The van der Waals surface area contributed by atoms with Gasteiger partial charge in [-0.2, -0.15) is 0 Å². The van der Waals surface area contributed by atoms with Gasteiger partial charge in [0.2, 0.25) is 0 Å². The molecule has 3 fully saturated rings. The molecule has 1 saturated carbocycles. The highest BCUT2D eigenvalue weighted by Gasteiger charge is 2.47. The average Bonchev–Trinajstić information content (AvgIpc) is 2.69. The lowest BCUT2D eigenvalue weighted by Crippen LogP contribution is -2.54. The van der Waals surface area contributed by atoms with Crippen molar-refractivity contribution in [3.8, 4) is 0 Å². The van der Waals surface area contributed by atoms with Gasteiger partial charge in [-0.25, -0.2) is 0 Å². The van der Waals surface area contributed by atoms with Crippen LogP contribution in [0.5, 0.6) is 0 Å². The Morgan fingerprint density at radius 3 is 2.78 bits per heavy atom. The van der Waals surface area contributed by atoms with Crippen molar-refractivity contribution >= 4 is 5.97 Å². The fourth-order valence-electron chi connectivity index (χ4n) is 3.98. The number of hydrogen-bond donors (Lipinski definition) is 1. The predicted octanol–water partition coefficient (Wildman–Crippen LogP) is 1.88. The first-order valence-corrected chi connectivity index (χ1v) is 7.24. The monoisotopic (exact) mass is 253 g/mol. The Balaban J connectivity index is 1.71. The molecule has 2 heterocycles. The number of nitrogens with zero attached hydrogens (tertiary/aromatic N) is 1. The number of rotatable bonds is 2. The lowest BCUT2D eigenvalue weighted by molar-refractivity contribution is -0.159. The molecule has 18 heavy (non-hydrogen) atoms. The fourth-order valence-corrected chi connectivity index (χ4v) is 3.98. The van der Waals surface area contributed by atoms with Crippen LogP contribution in [0.2, 0.25) is 0 Å². The van der Waals surface area contributed by atoms with Gasteiger partial charge in [-0.1, -0.05) is 6.92 Å². The third-order valence-corrected chi connectivity index (χ3v) is 5.19. The minimum absolute atomic E-state index is 0.109. The number of carboxylic acid groups (broad SMARTS) is 1. The van der Waals surface area contributed by atoms with Crippen LogP contribution in [0, 0.1) is 5.92 Å². The van der Waals surface area contributed by atoms with Crippen LogP contribution in [0.4, 0.5) is 0 Å². The van der Waals surface area contributed by atoms with E-state index in [0.29, 0.717) is 6.04 Å². The summed E-state index contributed by atoms with van der Waals surface area (Å²) >= 11 is 0. The summed E-state index contributed by atoms with van der Waals surface area (Å²) in [5.41, 5.74) is 0.109. The molecule has 0 aromatic rings. The molecular weight excluding hydrogens is 230 g/mol. The second-order valence-electron chi connectivity index (χ2n) is 6.32. The summed E-state index contributed by atoms with van der Waals surface area (Å²) in [7, 11) is 0. The highest BCUT2D eigenvalue weighted by molar-refractivity contribution is 5.74. The molecule has 3 unspecified atom stereocenters. The molecule has 0 radical (unpaired) electrons. The van der Waals surface area contributed by atoms with Gasteiger partial charge in [0, 0.05) is 12.6 Å². The minimum Gasteiger partial charge on any atom is -0.480 e. The van der Waals surface area contributed by atoms with Crippen LogP contribution in [-0.2, 0) is 9.53 Å². The summed E-state index contributed by atoms with van der Waals surface area (Å²) in [6.07, 6.45) is 6.67. The lowest BCUT2D eigenvalue weighted by Gasteiger charge is -2.49. The van der Waals surface area contributed by atoms with Gasteiger partial charge in [0.1, 0.15) is 6.04 Å². The summed E-state index contributed by atoms with van der Waals surface area (Å²) in [4.78, 5) is 13.7. The zero-order chi connectivity index (χ0) is 12.8. The van der Waals surface area contributed by atoms with E-state index in [1.807, 2.05) is 0 Å². The summed E-state index contributed by atoms with van der Waals surface area (Å²) < 4.78 is 5.94. The van der Waals surface area contributed by atoms with Crippen molar-refractivity contribution in [1.29, 1.82) is 0 Å². The Morgan fingerprint density at radius 1 is 1.39 bits per heavy atom. The largest absolute Gasteiger partial charge is 0.480 e. The Hall–Kier alpha value is -0.610. The Kier molecular flexibility index (Phi) is 3.10. The van der Waals surface area contributed by atoms with Crippen molar-refractivity contribution in [2.24, 2.45) is 5.92 Å². The first-order valence-electron chi connectivity index (χ1n) is 7.24. The van der Waals surface area contributed by atoms with E-state index in [2.05, 4.69) is 11.8 Å². The van der Waals surface area contributed by atoms with Crippen LogP contribution in [-0.4, -0.2) is 46.8 Å². The van der Waals surface area contributed by atoms with Gasteiger partial charge in [0.05, 0.1) is 5.60 Å². The van der Waals surface area contributed by atoms with E-state index < -0.39 is 5.97 Å². The minimum atomic E-state index is -0.644. The second-order valence-corrected chi connectivity index (χ2v) is 6.32. The zero-order valence-corrected chi connectivity index (χ0v) is 11.1. The van der Waals surface area contributed by atoms with E-state index in [9.17, 15) is 9.90 Å². The molecule has 0 bridgehead atoms. The Bertz CT molecular complexity index is 340. The first kappa shape index (κ1) is 12.4. The van der Waals surface area contributed by atoms with Crippen molar-refractivity contribution in [2.75, 3.05) is 13.2 Å². The van der Waals surface area contributed by atoms with Crippen LogP contribution in [0.15, 0.2) is 0 Å². The maximum atomic E-state index is 11.4. The summed E-state index contributed by atoms with van der Waals surface area (Å²) in [5.74, 6) is -0.364. The molecule has 3 rings (SSSR count). The number of hydrogen-bond acceptors (Lipinski definition) is 3.